The lowest BCUT2D eigenvalue weighted by Crippen LogP contribution is -3.00. The highest BCUT2D eigenvalue weighted by Crippen LogP contribution is 2.58. The molecule has 0 saturated heterocycles. The Morgan fingerprint density at radius 1 is 0.459 bits per heavy atom. The minimum Gasteiger partial charge on any atom is -1.00 e. The van der Waals surface area contributed by atoms with Crippen molar-refractivity contribution in [2.24, 2.45) is 0 Å². The van der Waals surface area contributed by atoms with Crippen LogP contribution in [-0.2, 0) is 6.16 Å². The molecule has 0 saturated carbocycles. The normalized spacial score (nSPS) is 11.2. The Bertz CT molecular complexity index is 1620. The van der Waals surface area contributed by atoms with Gasteiger partial charge in [0.2, 0.25) is 0 Å². The summed E-state index contributed by atoms with van der Waals surface area (Å²) in [6.07, 6.45) is 0.882. The van der Waals surface area contributed by atoms with Crippen LogP contribution in [0.5, 0.6) is 0 Å². The van der Waals surface area contributed by atoms with Crippen LogP contribution in [0, 0.1) is 0 Å². The molecule has 6 aromatic carbocycles. The summed E-state index contributed by atoms with van der Waals surface area (Å²) in [6, 6.07) is 51.2. The van der Waals surface area contributed by atoms with Gasteiger partial charge in [-0.1, -0.05) is 103 Å². The Morgan fingerprint density at radius 2 is 0.919 bits per heavy atom. The Hall–Kier alpha value is -3.58. The molecule has 0 radical (unpaired) electrons. The summed E-state index contributed by atoms with van der Waals surface area (Å²) in [4.78, 5) is 13.4. The van der Waals surface area contributed by atoms with Crippen LogP contribution < -0.4 is 38.3 Å². The second-order valence-corrected chi connectivity index (χ2v) is 12.6. The minimum absolute atomic E-state index is 0. The first kappa shape index (κ1) is 25.1. The molecule has 37 heavy (non-hydrogen) atoms. The predicted molar refractivity (Wildman–Crippen MR) is 157 cm³/mol. The topological polar surface area (TPSA) is 17.1 Å². The van der Waals surface area contributed by atoms with Gasteiger partial charge in [0.25, 0.3) is 0 Å². The van der Waals surface area contributed by atoms with Gasteiger partial charge in [0.15, 0.2) is 5.43 Å². The lowest BCUT2D eigenvalue weighted by Gasteiger charge is -2.28. The maximum absolute atomic E-state index is 13.4. The van der Waals surface area contributed by atoms with Crippen molar-refractivity contribution < 1.29 is 17.0 Å². The summed E-state index contributed by atoms with van der Waals surface area (Å²) in [7, 11) is -2.00. The minimum atomic E-state index is -2.00. The first-order valence-corrected chi connectivity index (χ1v) is 14.2. The summed E-state index contributed by atoms with van der Waals surface area (Å²) in [5.41, 5.74) is 1.33. The molecule has 0 spiro atoms. The lowest BCUT2D eigenvalue weighted by molar-refractivity contribution is -0.00000688. The highest BCUT2D eigenvalue weighted by atomic mass is 79.9. The summed E-state index contributed by atoms with van der Waals surface area (Å²) < 4.78 is 0. The monoisotopic (exact) mass is 560 g/mol. The predicted octanol–water partition coefficient (Wildman–Crippen LogP) is 3.85. The average molecular weight is 561 g/mol. The molecule has 0 unspecified atom stereocenters. The molecule has 0 fully saturated rings. The Labute approximate surface area is 228 Å². The Morgan fingerprint density at radius 3 is 1.49 bits per heavy atom. The van der Waals surface area contributed by atoms with E-state index in [1.165, 1.54) is 21.5 Å². The van der Waals surface area contributed by atoms with Crippen LogP contribution in [0.15, 0.2) is 150 Å². The third-order valence-electron chi connectivity index (χ3n) is 7.02. The molecule has 0 aliphatic rings. The van der Waals surface area contributed by atoms with Crippen LogP contribution in [-0.4, -0.2) is 0 Å². The van der Waals surface area contributed by atoms with Crippen molar-refractivity contribution in [1.29, 1.82) is 0 Å². The van der Waals surface area contributed by atoms with Crippen LogP contribution in [0.4, 0.5) is 0 Å². The standard InChI is InChI=1S/C34H26OP.BrH/c35-34-32-19-11-10-12-27(32)21-22-28-24-26(20-23-33(28)34)25-36(29-13-4-1-5-14-29,30-15-6-2-7-16-30)31-17-8-3-9-18-31;/h1-24H,25H2;1H/q+1;/p-1. The van der Waals surface area contributed by atoms with Gasteiger partial charge in [-0.05, 0) is 58.8 Å². The van der Waals surface area contributed by atoms with E-state index < -0.39 is 7.26 Å². The summed E-state index contributed by atoms with van der Waals surface area (Å²) >= 11 is 0. The van der Waals surface area contributed by atoms with Crippen molar-refractivity contribution in [2.45, 2.75) is 6.16 Å². The molecule has 0 N–H and O–H groups in total. The molecule has 0 aliphatic heterocycles. The van der Waals surface area contributed by atoms with E-state index in [0.717, 1.165) is 27.7 Å². The fraction of sp³-hybridized carbons (Fsp3) is 0.0294. The molecule has 0 aromatic heterocycles. The summed E-state index contributed by atoms with van der Waals surface area (Å²) in [6.45, 7) is 0. The third-order valence-corrected chi connectivity index (χ3v) is 11.4. The highest BCUT2D eigenvalue weighted by molar-refractivity contribution is 7.95. The third kappa shape index (κ3) is 4.64. The van der Waals surface area contributed by atoms with E-state index in [2.05, 4.69) is 115 Å². The van der Waals surface area contributed by atoms with Gasteiger partial charge in [-0.2, -0.15) is 0 Å². The van der Waals surface area contributed by atoms with E-state index in [4.69, 9.17) is 0 Å². The number of rotatable bonds is 5. The maximum Gasteiger partial charge on any atom is 0.194 e. The first-order chi connectivity index (χ1) is 17.8. The second kappa shape index (κ2) is 10.8. The van der Waals surface area contributed by atoms with Crippen LogP contribution >= 0.6 is 7.26 Å². The van der Waals surface area contributed by atoms with E-state index in [1.807, 2.05) is 30.3 Å². The van der Waals surface area contributed by atoms with Gasteiger partial charge >= 0.3 is 0 Å². The van der Waals surface area contributed by atoms with Gasteiger partial charge in [-0.25, -0.2) is 0 Å². The molecule has 1 nitrogen and oxygen atoms in total. The summed E-state index contributed by atoms with van der Waals surface area (Å²) in [5.74, 6) is 0. The first-order valence-electron chi connectivity index (χ1n) is 12.3. The molecule has 3 heteroatoms. The largest absolute Gasteiger partial charge is 1.00 e. The zero-order valence-corrected chi connectivity index (χ0v) is 22.8. The van der Waals surface area contributed by atoms with Gasteiger partial charge in [-0.3, -0.25) is 4.79 Å². The average Bonchev–Trinajstić information content (AvgIpc) is 3.09. The van der Waals surface area contributed by atoms with Crippen molar-refractivity contribution in [2.75, 3.05) is 0 Å². The number of hydrogen-bond acceptors (Lipinski definition) is 1. The zero-order chi connectivity index (χ0) is 24.4. The molecule has 0 atom stereocenters. The Balaban J connectivity index is 0.00000280. The molecule has 6 rings (SSSR count). The van der Waals surface area contributed by atoms with Gasteiger partial charge in [0.05, 0.1) is 6.16 Å². The molecule has 6 aromatic rings. The zero-order valence-electron chi connectivity index (χ0n) is 20.3. The van der Waals surface area contributed by atoms with Crippen molar-refractivity contribution >= 4 is 44.7 Å². The quantitative estimate of drug-likeness (QED) is 0.293. The van der Waals surface area contributed by atoms with E-state index >= 15 is 0 Å². The molecule has 0 heterocycles. The number of fused-ring (bicyclic) bond motifs is 2. The van der Waals surface area contributed by atoms with Gasteiger partial charge in [0, 0.05) is 10.8 Å². The molecule has 0 amide bonds. The van der Waals surface area contributed by atoms with Gasteiger partial charge in [-0.15, -0.1) is 0 Å². The second-order valence-electron chi connectivity index (χ2n) is 9.15. The lowest BCUT2D eigenvalue weighted by atomic mass is 10.1. The van der Waals surface area contributed by atoms with Crippen molar-refractivity contribution in [3.8, 4) is 0 Å². The van der Waals surface area contributed by atoms with Gasteiger partial charge < -0.3 is 17.0 Å². The molecular formula is C34H26BrOP. The van der Waals surface area contributed by atoms with Crippen LogP contribution in [0.2, 0.25) is 0 Å². The summed E-state index contributed by atoms with van der Waals surface area (Å²) in [5, 5.41) is 7.56. The van der Waals surface area contributed by atoms with E-state index in [-0.39, 0.29) is 22.4 Å². The van der Waals surface area contributed by atoms with Crippen molar-refractivity contribution in [3.05, 3.63) is 161 Å². The highest BCUT2D eigenvalue weighted by Gasteiger charge is 2.45. The number of halogens is 1. The number of benzene rings is 5. The van der Waals surface area contributed by atoms with Crippen LogP contribution in [0.25, 0.3) is 21.5 Å². The molecule has 0 bridgehead atoms. The van der Waals surface area contributed by atoms with E-state index in [0.29, 0.717) is 0 Å². The fourth-order valence-electron chi connectivity index (χ4n) is 5.27. The van der Waals surface area contributed by atoms with E-state index in [9.17, 15) is 4.79 Å². The Kier molecular flexibility index (Phi) is 7.33. The van der Waals surface area contributed by atoms with E-state index in [1.54, 1.807) is 0 Å². The fourth-order valence-corrected chi connectivity index (χ4v) is 9.50. The smallest absolute Gasteiger partial charge is 0.194 e. The van der Waals surface area contributed by atoms with Crippen molar-refractivity contribution in [3.63, 3.8) is 0 Å². The number of hydrogen-bond donors (Lipinski definition) is 0. The molecular weight excluding hydrogens is 535 g/mol. The maximum atomic E-state index is 13.4. The van der Waals surface area contributed by atoms with Crippen LogP contribution in [0.3, 0.4) is 0 Å². The SMILES string of the molecule is O=c1c2ccccc2ccc2cc(C[P+](c3ccccc3)(c3ccccc3)c3ccccc3)ccc12.[Br-]. The van der Waals surface area contributed by atoms with Crippen molar-refractivity contribution in [1.82, 2.24) is 0 Å². The molecule has 180 valence electrons. The van der Waals surface area contributed by atoms with Gasteiger partial charge in [0.1, 0.15) is 23.2 Å². The van der Waals surface area contributed by atoms with Crippen LogP contribution in [0.1, 0.15) is 5.56 Å². The molecule has 0 aliphatic carbocycles.